The number of carbonyl (C=O) groups is 2. The molecular formula is C30H57NO3. The molecule has 0 amide bonds. The summed E-state index contributed by atoms with van der Waals surface area (Å²) in [4.78, 5) is 29.7. The number of carbonyl (C=O) groups excluding carboxylic acids is 2. The Kier molecular flexibility index (Phi) is 15.3. The SMILES string of the molecule is CCCCCCCCCCCCCCCCCC(=O)CC1CC(C)(C)N(OC(C)=O)C(C)(C)C1. The first-order valence-corrected chi connectivity index (χ1v) is 14.6. The number of piperidine rings is 1. The Labute approximate surface area is 211 Å². The molecule has 0 aliphatic carbocycles. The van der Waals surface area contributed by atoms with Gasteiger partial charge in [-0.3, -0.25) is 9.59 Å². The summed E-state index contributed by atoms with van der Waals surface area (Å²) in [6.45, 7) is 12.2. The summed E-state index contributed by atoms with van der Waals surface area (Å²) in [5, 5.41) is 1.86. The van der Waals surface area contributed by atoms with Crippen molar-refractivity contribution in [1.29, 1.82) is 0 Å². The van der Waals surface area contributed by atoms with Gasteiger partial charge in [0.1, 0.15) is 5.78 Å². The number of hydrogen-bond acceptors (Lipinski definition) is 4. The van der Waals surface area contributed by atoms with E-state index in [4.69, 9.17) is 4.84 Å². The largest absolute Gasteiger partial charge is 0.367 e. The molecule has 0 N–H and O–H groups in total. The number of ketones is 1. The Bertz CT molecular complexity index is 551. The van der Waals surface area contributed by atoms with E-state index in [-0.39, 0.29) is 17.0 Å². The molecule has 0 aromatic carbocycles. The zero-order valence-corrected chi connectivity index (χ0v) is 23.7. The summed E-state index contributed by atoms with van der Waals surface area (Å²) in [6, 6.07) is 0. The minimum absolute atomic E-state index is 0.257. The molecule has 1 aliphatic rings. The van der Waals surface area contributed by atoms with E-state index in [1.807, 2.05) is 5.06 Å². The average molecular weight is 480 g/mol. The molecule has 1 rings (SSSR count). The summed E-state index contributed by atoms with van der Waals surface area (Å²) >= 11 is 0. The van der Waals surface area contributed by atoms with Crippen molar-refractivity contribution in [1.82, 2.24) is 5.06 Å². The van der Waals surface area contributed by atoms with Crippen molar-refractivity contribution >= 4 is 11.8 Å². The number of Topliss-reactive ketones (excluding diaryl/α,β-unsaturated/α-hetero) is 1. The van der Waals surface area contributed by atoms with Crippen LogP contribution in [0.3, 0.4) is 0 Å². The van der Waals surface area contributed by atoms with Crippen molar-refractivity contribution in [2.45, 2.75) is 175 Å². The Balaban J connectivity index is 2.06. The maximum Gasteiger partial charge on any atom is 0.322 e. The van der Waals surface area contributed by atoms with Crippen LogP contribution in [0.2, 0.25) is 0 Å². The van der Waals surface area contributed by atoms with Crippen LogP contribution in [0.1, 0.15) is 164 Å². The third-order valence-electron chi connectivity index (χ3n) is 7.47. The average Bonchev–Trinajstić information content (AvgIpc) is 2.73. The lowest BCUT2D eigenvalue weighted by Crippen LogP contribution is -2.60. The lowest BCUT2D eigenvalue weighted by Gasteiger charge is -2.52. The van der Waals surface area contributed by atoms with Gasteiger partial charge in [-0.2, -0.15) is 0 Å². The maximum absolute atomic E-state index is 12.6. The molecule has 4 heteroatoms. The van der Waals surface area contributed by atoms with E-state index in [1.165, 1.54) is 96.8 Å². The number of rotatable bonds is 19. The zero-order valence-electron chi connectivity index (χ0n) is 23.7. The van der Waals surface area contributed by atoms with Gasteiger partial charge in [-0.05, 0) is 52.9 Å². The summed E-state index contributed by atoms with van der Waals surface area (Å²) in [5.74, 6) is 0.497. The molecule has 1 heterocycles. The van der Waals surface area contributed by atoms with Gasteiger partial charge in [0, 0.05) is 19.8 Å². The first-order chi connectivity index (χ1) is 16.1. The fraction of sp³-hybridized carbons (Fsp3) is 0.933. The molecule has 1 aliphatic heterocycles. The van der Waals surface area contributed by atoms with Crippen LogP contribution < -0.4 is 0 Å². The highest BCUT2D eigenvalue weighted by Crippen LogP contribution is 2.43. The Morgan fingerprint density at radius 3 is 1.47 bits per heavy atom. The van der Waals surface area contributed by atoms with Crippen molar-refractivity contribution in [3.63, 3.8) is 0 Å². The second kappa shape index (κ2) is 16.7. The van der Waals surface area contributed by atoms with Crippen molar-refractivity contribution in [2.24, 2.45) is 5.92 Å². The van der Waals surface area contributed by atoms with Crippen LogP contribution in [0, 0.1) is 5.92 Å². The fourth-order valence-electron chi connectivity index (χ4n) is 6.11. The van der Waals surface area contributed by atoms with Gasteiger partial charge < -0.3 is 4.84 Å². The predicted octanol–water partition coefficient (Wildman–Crippen LogP) is 8.95. The Morgan fingerprint density at radius 1 is 0.706 bits per heavy atom. The molecule has 200 valence electrons. The van der Waals surface area contributed by atoms with E-state index in [1.54, 1.807) is 0 Å². The second-order valence-corrected chi connectivity index (χ2v) is 12.2. The third-order valence-corrected chi connectivity index (χ3v) is 7.47. The molecule has 0 unspecified atom stereocenters. The van der Waals surface area contributed by atoms with Crippen LogP contribution in [0.15, 0.2) is 0 Å². The standard InChI is InChI=1S/C30H57NO3/c1-7-8-9-10-11-12-13-14-15-16-17-18-19-20-21-22-28(33)23-27-24-29(3,4)31(34-26(2)32)30(5,6)25-27/h27H,7-25H2,1-6H3. The molecule has 0 bridgehead atoms. The zero-order chi connectivity index (χ0) is 25.5. The van der Waals surface area contributed by atoms with E-state index >= 15 is 0 Å². The minimum atomic E-state index is -0.274. The summed E-state index contributed by atoms with van der Waals surface area (Å²) in [5.41, 5.74) is -0.514. The summed E-state index contributed by atoms with van der Waals surface area (Å²) < 4.78 is 0. The Hall–Kier alpha value is -0.900. The molecule has 1 saturated heterocycles. The predicted molar refractivity (Wildman–Crippen MR) is 144 cm³/mol. The van der Waals surface area contributed by atoms with E-state index in [0.29, 0.717) is 18.1 Å². The normalized spacial score (nSPS) is 18.2. The van der Waals surface area contributed by atoms with Crippen LogP contribution in [-0.4, -0.2) is 27.9 Å². The lowest BCUT2D eigenvalue weighted by molar-refractivity contribution is -0.270. The molecule has 0 aromatic heterocycles. The maximum atomic E-state index is 12.6. The van der Waals surface area contributed by atoms with Crippen LogP contribution in [0.5, 0.6) is 0 Å². The molecule has 0 saturated carbocycles. The van der Waals surface area contributed by atoms with Crippen molar-refractivity contribution < 1.29 is 14.4 Å². The first kappa shape index (κ1) is 31.1. The monoisotopic (exact) mass is 479 g/mol. The van der Waals surface area contributed by atoms with Crippen LogP contribution in [-0.2, 0) is 14.4 Å². The van der Waals surface area contributed by atoms with Gasteiger partial charge in [-0.15, -0.1) is 5.06 Å². The fourth-order valence-corrected chi connectivity index (χ4v) is 6.11. The van der Waals surface area contributed by atoms with Crippen LogP contribution >= 0.6 is 0 Å². The van der Waals surface area contributed by atoms with Gasteiger partial charge in [-0.25, -0.2) is 0 Å². The van der Waals surface area contributed by atoms with Gasteiger partial charge >= 0.3 is 5.97 Å². The first-order valence-electron chi connectivity index (χ1n) is 14.6. The smallest absolute Gasteiger partial charge is 0.322 e. The van der Waals surface area contributed by atoms with Gasteiger partial charge in [0.25, 0.3) is 0 Å². The van der Waals surface area contributed by atoms with Crippen LogP contribution in [0.25, 0.3) is 0 Å². The lowest BCUT2D eigenvalue weighted by atomic mass is 9.73. The second-order valence-electron chi connectivity index (χ2n) is 12.2. The van der Waals surface area contributed by atoms with Crippen molar-refractivity contribution in [3.05, 3.63) is 0 Å². The molecule has 0 spiro atoms. The minimum Gasteiger partial charge on any atom is -0.367 e. The number of unbranched alkanes of at least 4 members (excludes halogenated alkanes) is 14. The van der Waals surface area contributed by atoms with E-state index in [2.05, 4.69) is 34.6 Å². The number of hydrogen-bond donors (Lipinski definition) is 0. The molecule has 4 nitrogen and oxygen atoms in total. The topological polar surface area (TPSA) is 46.6 Å². The van der Waals surface area contributed by atoms with Gasteiger partial charge in [0.05, 0.1) is 11.1 Å². The molecule has 34 heavy (non-hydrogen) atoms. The highest BCUT2D eigenvalue weighted by atomic mass is 16.7. The van der Waals surface area contributed by atoms with E-state index in [9.17, 15) is 9.59 Å². The van der Waals surface area contributed by atoms with E-state index < -0.39 is 0 Å². The van der Waals surface area contributed by atoms with Crippen molar-refractivity contribution in [3.8, 4) is 0 Å². The number of nitrogens with zero attached hydrogens (tertiary/aromatic N) is 1. The third kappa shape index (κ3) is 13.3. The highest BCUT2D eigenvalue weighted by molar-refractivity contribution is 5.78. The van der Waals surface area contributed by atoms with Crippen LogP contribution in [0.4, 0.5) is 0 Å². The van der Waals surface area contributed by atoms with Gasteiger partial charge in [0.15, 0.2) is 0 Å². The molecule has 0 radical (unpaired) electrons. The molecule has 0 atom stereocenters. The molecular weight excluding hydrogens is 422 g/mol. The van der Waals surface area contributed by atoms with Gasteiger partial charge in [-0.1, -0.05) is 96.8 Å². The van der Waals surface area contributed by atoms with E-state index in [0.717, 1.165) is 25.7 Å². The van der Waals surface area contributed by atoms with Gasteiger partial charge in [0.2, 0.25) is 0 Å². The summed E-state index contributed by atoms with van der Waals surface area (Å²) in [6.07, 6.45) is 23.4. The quantitative estimate of drug-likeness (QED) is 0.173. The Morgan fingerprint density at radius 2 is 1.09 bits per heavy atom. The number of hydroxylamine groups is 2. The molecule has 0 aromatic rings. The molecule has 1 fully saturated rings. The summed E-state index contributed by atoms with van der Waals surface area (Å²) in [7, 11) is 0. The van der Waals surface area contributed by atoms with Crippen molar-refractivity contribution in [2.75, 3.05) is 0 Å². The highest BCUT2D eigenvalue weighted by Gasteiger charge is 2.48.